The molecule has 0 aliphatic heterocycles. The van der Waals surface area contributed by atoms with Gasteiger partial charge < -0.3 is 5.32 Å². The van der Waals surface area contributed by atoms with E-state index < -0.39 is 0 Å². The van der Waals surface area contributed by atoms with Crippen molar-refractivity contribution in [3.05, 3.63) is 47.6 Å². The number of aromatic nitrogens is 2. The second kappa shape index (κ2) is 5.36. The number of rotatable bonds is 4. The summed E-state index contributed by atoms with van der Waals surface area (Å²) in [6, 6.07) is 3.81. The van der Waals surface area contributed by atoms with Gasteiger partial charge in [-0.2, -0.15) is 0 Å². The van der Waals surface area contributed by atoms with Gasteiger partial charge in [-0.05, 0) is 18.2 Å². The molecule has 1 N–H and O–H groups in total. The first-order valence-corrected chi connectivity index (χ1v) is 5.92. The van der Waals surface area contributed by atoms with Gasteiger partial charge in [0.1, 0.15) is 5.01 Å². The fourth-order valence-corrected chi connectivity index (χ4v) is 2.03. The first-order valence-electron chi connectivity index (χ1n) is 5.04. The van der Waals surface area contributed by atoms with Gasteiger partial charge in [0.15, 0.2) is 0 Å². The van der Waals surface area contributed by atoms with Crippen molar-refractivity contribution in [1.29, 1.82) is 0 Å². The van der Waals surface area contributed by atoms with Crippen LogP contribution >= 0.6 is 11.3 Å². The number of nitrogens with zero attached hydrogens (tertiary/aromatic N) is 2. The van der Waals surface area contributed by atoms with Gasteiger partial charge in [-0.25, -0.2) is 4.98 Å². The summed E-state index contributed by atoms with van der Waals surface area (Å²) in [4.78, 5) is 19.4. The fourth-order valence-electron chi connectivity index (χ4n) is 1.28. The molecule has 4 nitrogen and oxygen atoms in total. The van der Waals surface area contributed by atoms with Crippen LogP contribution in [-0.4, -0.2) is 15.9 Å². The molecule has 2 rings (SSSR count). The lowest BCUT2D eigenvalue weighted by atomic mass is 10.2. The number of hydrogen-bond donors (Lipinski definition) is 1. The van der Waals surface area contributed by atoms with Gasteiger partial charge in [0.2, 0.25) is 5.91 Å². The quantitative estimate of drug-likeness (QED) is 0.838. The Balaban J connectivity index is 2.06. The zero-order valence-electron chi connectivity index (χ0n) is 9.09. The van der Waals surface area contributed by atoms with Crippen LogP contribution in [0.5, 0.6) is 0 Å². The van der Waals surface area contributed by atoms with E-state index in [1.54, 1.807) is 12.4 Å². The molecule has 0 atom stereocenters. The summed E-state index contributed by atoms with van der Waals surface area (Å²) in [5.74, 6) is -0.189. The molecule has 2 aromatic heterocycles. The number of hydrogen-bond acceptors (Lipinski definition) is 4. The Morgan fingerprint density at radius 3 is 2.94 bits per heavy atom. The first-order chi connectivity index (χ1) is 8.29. The molecule has 0 saturated heterocycles. The van der Waals surface area contributed by atoms with Crippen molar-refractivity contribution in [2.45, 2.75) is 6.54 Å². The second-order valence-corrected chi connectivity index (χ2v) is 4.23. The zero-order valence-corrected chi connectivity index (χ0v) is 9.91. The normalized spacial score (nSPS) is 9.88. The molecule has 0 fully saturated rings. The molecular formula is C12H11N3OS. The minimum Gasteiger partial charge on any atom is -0.346 e. The van der Waals surface area contributed by atoms with Crippen LogP contribution in [0.25, 0.3) is 11.3 Å². The number of carbonyl (C=O) groups excluding carboxylic acids is 1. The maximum absolute atomic E-state index is 11.0. The summed E-state index contributed by atoms with van der Waals surface area (Å²) in [7, 11) is 0. The lowest BCUT2D eigenvalue weighted by Crippen LogP contribution is -2.19. The Morgan fingerprint density at radius 1 is 1.47 bits per heavy atom. The molecular weight excluding hydrogens is 234 g/mol. The summed E-state index contributed by atoms with van der Waals surface area (Å²) in [6.45, 7) is 3.82. The van der Waals surface area contributed by atoms with Gasteiger partial charge in [0.25, 0.3) is 0 Å². The van der Waals surface area contributed by atoms with Crippen LogP contribution in [0.15, 0.2) is 42.6 Å². The third kappa shape index (κ3) is 2.98. The minimum absolute atomic E-state index is 0.189. The highest BCUT2D eigenvalue weighted by molar-refractivity contribution is 7.09. The molecule has 0 saturated carbocycles. The maximum atomic E-state index is 11.0. The molecule has 17 heavy (non-hydrogen) atoms. The standard InChI is InChI=1S/C12H11N3OS/c1-2-11(16)14-7-12-15-10(8-17-12)9-3-5-13-6-4-9/h2-6,8H,1,7H2,(H,14,16). The molecule has 0 aromatic carbocycles. The predicted octanol–water partition coefficient (Wildman–Crippen LogP) is 2.01. The predicted molar refractivity (Wildman–Crippen MR) is 67.4 cm³/mol. The van der Waals surface area contributed by atoms with Crippen LogP contribution in [0.4, 0.5) is 0 Å². The van der Waals surface area contributed by atoms with Crippen molar-refractivity contribution in [3.63, 3.8) is 0 Å². The second-order valence-electron chi connectivity index (χ2n) is 3.28. The van der Waals surface area contributed by atoms with Crippen LogP contribution < -0.4 is 5.32 Å². The Morgan fingerprint density at radius 2 is 2.24 bits per heavy atom. The third-order valence-corrected chi connectivity index (χ3v) is 2.98. The van der Waals surface area contributed by atoms with E-state index in [2.05, 4.69) is 21.9 Å². The lowest BCUT2D eigenvalue weighted by Gasteiger charge is -1.97. The van der Waals surface area contributed by atoms with Crippen molar-refractivity contribution < 1.29 is 4.79 Å². The number of carbonyl (C=O) groups is 1. The van der Waals surface area contributed by atoms with Crippen LogP contribution in [0.1, 0.15) is 5.01 Å². The first kappa shape index (κ1) is 11.5. The molecule has 86 valence electrons. The van der Waals surface area contributed by atoms with E-state index in [0.29, 0.717) is 6.54 Å². The van der Waals surface area contributed by atoms with Gasteiger partial charge in [-0.15, -0.1) is 11.3 Å². The molecule has 5 heteroatoms. The van der Waals surface area contributed by atoms with E-state index in [4.69, 9.17) is 0 Å². The smallest absolute Gasteiger partial charge is 0.243 e. The molecule has 2 heterocycles. The Bertz CT molecular complexity index is 522. The molecule has 0 bridgehead atoms. The van der Waals surface area contributed by atoms with E-state index in [9.17, 15) is 4.79 Å². The number of thiazole rings is 1. The SMILES string of the molecule is C=CC(=O)NCc1nc(-c2ccncc2)cs1. The lowest BCUT2D eigenvalue weighted by molar-refractivity contribution is -0.116. The van der Waals surface area contributed by atoms with Gasteiger partial charge in [-0.1, -0.05) is 6.58 Å². The maximum Gasteiger partial charge on any atom is 0.243 e. The highest BCUT2D eigenvalue weighted by atomic mass is 32.1. The molecule has 2 aromatic rings. The average Bonchev–Trinajstić information content (AvgIpc) is 2.86. The topological polar surface area (TPSA) is 54.9 Å². The molecule has 1 amide bonds. The van der Waals surface area contributed by atoms with E-state index in [1.807, 2.05) is 17.5 Å². The summed E-state index contributed by atoms with van der Waals surface area (Å²) in [5, 5.41) is 5.52. The molecule has 0 radical (unpaired) electrons. The van der Waals surface area contributed by atoms with Crippen molar-refractivity contribution in [1.82, 2.24) is 15.3 Å². The van der Waals surface area contributed by atoms with Gasteiger partial charge >= 0.3 is 0 Å². The van der Waals surface area contributed by atoms with Gasteiger partial charge in [0, 0.05) is 23.3 Å². The monoisotopic (exact) mass is 245 g/mol. The van der Waals surface area contributed by atoms with Gasteiger partial charge in [-0.3, -0.25) is 9.78 Å². The van der Waals surface area contributed by atoms with E-state index in [1.165, 1.54) is 17.4 Å². The van der Waals surface area contributed by atoms with Crippen molar-refractivity contribution in [2.24, 2.45) is 0 Å². The Kier molecular flexibility index (Phi) is 3.62. The summed E-state index contributed by atoms with van der Waals surface area (Å²) in [5.41, 5.74) is 1.93. The Hall–Kier alpha value is -2.01. The van der Waals surface area contributed by atoms with Crippen LogP contribution in [-0.2, 0) is 11.3 Å². The summed E-state index contributed by atoms with van der Waals surface area (Å²) < 4.78 is 0. The Labute approximate surface area is 103 Å². The molecule has 0 aliphatic carbocycles. The number of nitrogens with one attached hydrogen (secondary N) is 1. The average molecular weight is 245 g/mol. The number of pyridine rings is 1. The van der Waals surface area contributed by atoms with Crippen LogP contribution in [0.2, 0.25) is 0 Å². The van der Waals surface area contributed by atoms with E-state index in [-0.39, 0.29) is 5.91 Å². The van der Waals surface area contributed by atoms with Gasteiger partial charge in [0.05, 0.1) is 12.2 Å². The third-order valence-electron chi connectivity index (χ3n) is 2.13. The van der Waals surface area contributed by atoms with Crippen molar-refractivity contribution in [3.8, 4) is 11.3 Å². The highest BCUT2D eigenvalue weighted by Crippen LogP contribution is 2.20. The van der Waals surface area contributed by atoms with Crippen molar-refractivity contribution in [2.75, 3.05) is 0 Å². The molecule has 0 spiro atoms. The molecule has 0 aliphatic rings. The number of amides is 1. The zero-order chi connectivity index (χ0) is 12.1. The summed E-state index contributed by atoms with van der Waals surface area (Å²) >= 11 is 1.52. The largest absolute Gasteiger partial charge is 0.346 e. The van der Waals surface area contributed by atoms with Crippen molar-refractivity contribution >= 4 is 17.2 Å². The van der Waals surface area contributed by atoms with Crippen LogP contribution in [0.3, 0.4) is 0 Å². The minimum atomic E-state index is -0.189. The fraction of sp³-hybridized carbons (Fsp3) is 0.0833. The van der Waals surface area contributed by atoms with Crippen LogP contribution in [0, 0.1) is 0 Å². The summed E-state index contributed by atoms with van der Waals surface area (Å²) in [6.07, 6.45) is 4.71. The highest BCUT2D eigenvalue weighted by Gasteiger charge is 2.04. The van der Waals surface area contributed by atoms with E-state index >= 15 is 0 Å². The van der Waals surface area contributed by atoms with E-state index in [0.717, 1.165) is 16.3 Å². The molecule has 0 unspecified atom stereocenters.